The maximum atomic E-state index is 16.9. The molecule has 0 radical (unpaired) electrons. The third-order valence-electron chi connectivity index (χ3n) is 13.2. The van der Waals surface area contributed by atoms with Gasteiger partial charge in [0.2, 0.25) is 18.0 Å². The average Bonchev–Trinajstić information content (AvgIpc) is 4.13. The Bertz CT molecular complexity index is 2670. The molecule has 13 nitrogen and oxygen atoms in total. The zero-order chi connectivity index (χ0) is 44.3. The van der Waals surface area contributed by atoms with E-state index < -0.39 is 24.1 Å². The van der Waals surface area contributed by atoms with Gasteiger partial charge in [-0.3, -0.25) is 9.59 Å². The van der Waals surface area contributed by atoms with Crippen LogP contribution in [0, 0.1) is 17.7 Å². The van der Waals surface area contributed by atoms with E-state index >= 15 is 4.39 Å². The number of fused-ring (bicyclic) bond motifs is 5. The van der Waals surface area contributed by atoms with Crippen molar-refractivity contribution in [1.82, 2.24) is 34.3 Å². The molecule has 6 aromatic rings. The van der Waals surface area contributed by atoms with Crippen molar-refractivity contribution in [3.8, 4) is 45.3 Å². The summed E-state index contributed by atoms with van der Waals surface area (Å²) >= 11 is 0. The quantitative estimate of drug-likeness (QED) is 0.0947. The molecule has 3 aliphatic heterocycles. The van der Waals surface area contributed by atoms with Gasteiger partial charge in [0.15, 0.2) is 0 Å². The molecule has 330 valence electrons. The molecule has 0 bridgehead atoms. The van der Waals surface area contributed by atoms with Gasteiger partial charge in [0, 0.05) is 35.2 Å². The van der Waals surface area contributed by atoms with Gasteiger partial charge < -0.3 is 45.3 Å². The first-order valence-electron chi connectivity index (χ1n) is 22.5. The van der Waals surface area contributed by atoms with Gasteiger partial charge in [0.1, 0.15) is 29.0 Å². The molecule has 9 rings (SSSR count). The number of carbonyl (C=O) groups is 2. The maximum Gasteiger partial charge on any atom is 0.240 e. The number of hydrogen-bond donors (Lipinski definition) is 4. The van der Waals surface area contributed by atoms with E-state index in [1.807, 2.05) is 104 Å². The Kier molecular flexibility index (Phi) is 11.4. The van der Waals surface area contributed by atoms with Gasteiger partial charge in [0.25, 0.3) is 0 Å². The molecule has 14 heteroatoms. The topological polar surface area (TPSA) is 173 Å². The van der Waals surface area contributed by atoms with E-state index in [1.165, 1.54) is 6.07 Å². The number of benzene rings is 3. The number of ether oxygens (including phenoxy) is 2. The summed E-state index contributed by atoms with van der Waals surface area (Å²) in [5.41, 5.74) is 18.2. The van der Waals surface area contributed by atoms with Gasteiger partial charge in [-0.05, 0) is 93.3 Å². The summed E-state index contributed by atoms with van der Waals surface area (Å²) in [6, 6.07) is 17.8. The number of hydrogen-bond acceptors (Lipinski definition) is 8. The Labute approximate surface area is 367 Å². The van der Waals surface area contributed by atoms with Gasteiger partial charge in [-0.15, -0.1) is 0 Å². The van der Waals surface area contributed by atoms with Crippen LogP contribution in [0.1, 0.15) is 109 Å². The van der Waals surface area contributed by atoms with Crippen molar-refractivity contribution in [2.45, 2.75) is 110 Å². The number of likely N-dealkylation sites (tertiary alicyclic amines) is 2. The smallest absolute Gasteiger partial charge is 0.240 e. The molecule has 0 aliphatic carbocycles. The number of rotatable bonds is 12. The number of H-pyrrole nitrogens is 2. The van der Waals surface area contributed by atoms with Crippen molar-refractivity contribution in [1.29, 1.82) is 0 Å². The minimum Gasteiger partial charge on any atom is -0.491 e. The zero-order valence-corrected chi connectivity index (χ0v) is 36.9. The number of nitrogens with zero attached hydrogens (tertiary/aromatic N) is 5. The Hall–Kier alpha value is -5.99. The molecule has 0 saturated carbocycles. The number of halogens is 1. The van der Waals surface area contributed by atoms with E-state index in [0.29, 0.717) is 47.2 Å². The van der Waals surface area contributed by atoms with Crippen molar-refractivity contribution >= 4 is 22.7 Å². The maximum absolute atomic E-state index is 16.9. The van der Waals surface area contributed by atoms with Gasteiger partial charge in [-0.2, -0.15) is 0 Å². The predicted octanol–water partition coefficient (Wildman–Crippen LogP) is 8.64. The van der Waals surface area contributed by atoms with Crippen molar-refractivity contribution < 1.29 is 23.5 Å². The molecule has 63 heavy (non-hydrogen) atoms. The van der Waals surface area contributed by atoms with Crippen molar-refractivity contribution in [2.75, 3.05) is 13.1 Å². The summed E-state index contributed by atoms with van der Waals surface area (Å²) in [5.74, 6) is 1.95. The first-order valence-corrected chi connectivity index (χ1v) is 22.5. The lowest BCUT2D eigenvalue weighted by Gasteiger charge is -2.31. The Morgan fingerprint density at radius 3 is 2.05 bits per heavy atom. The van der Waals surface area contributed by atoms with Gasteiger partial charge in [-0.25, -0.2) is 14.4 Å². The summed E-state index contributed by atoms with van der Waals surface area (Å²) < 4.78 is 32.0. The second-order valence-electron chi connectivity index (χ2n) is 18.2. The van der Waals surface area contributed by atoms with Crippen LogP contribution in [0.5, 0.6) is 11.5 Å². The normalized spacial score (nSPS) is 20.0. The van der Waals surface area contributed by atoms with Crippen LogP contribution in [-0.4, -0.2) is 77.4 Å². The molecular formula is C49H58FN9O4. The average molecular weight is 856 g/mol. The molecule has 6 atom stereocenters. The van der Waals surface area contributed by atoms with Crippen LogP contribution in [0.15, 0.2) is 73.1 Å². The number of aromatic amines is 2. The van der Waals surface area contributed by atoms with Crippen LogP contribution in [-0.2, 0) is 9.59 Å². The number of amides is 2. The summed E-state index contributed by atoms with van der Waals surface area (Å²) in [7, 11) is 0. The molecule has 3 aliphatic rings. The van der Waals surface area contributed by atoms with E-state index in [-0.39, 0.29) is 41.8 Å². The molecule has 0 spiro atoms. The van der Waals surface area contributed by atoms with Gasteiger partial charge >= 0.3 is 0 Å². The summed E-state index contributed by atoms with van der Waals surface area (Å²) in [6.07, 6.45) is 7.01. The lowest BCUT2D eigenvalue weighted by Crippen LogP contribution is -2.46. The molecule has 2 saturated heterocycles. The van der Waals surface area contributed by atoms with Crippen LogP contribution in [0.2, 0.25) is 0 Å². The zero-order valence-electron chi connectivity index (χ0n) is 36.9. The highest BCUT2D eigenvalue weighted by Crippen LogP contribution is 2.48. The second-order valence-corrected chi connectivity index (χ2v) is 18.2. The Balaban J connectivity index is 1.08. The minimum atomic E-state index is -0.659. The van der Waals surface area contributed by atoms with E-state index in [9.17, 15) is 9.59 Å². The van der Waals surface area contributed by atoms with E-state index in [1.54, 1.807) is 6.20 Å². The number of carbonyl (C=O) groups excluding carboxylic acids is 2. The van der Waals surface area contributed by atoms with Crippen molar-refractivity contribution in [2.24, 2.45) is 23.3 Å². The van der Waals surface area contributed by atoms with Gasteiger partial charge in [0.05, 0.1) is 70.8 Å². The fourth-order valence-electron chi connectivity index (χ4n) is 9.26. The minimum absolute atomic E-state index is 0.00970. The Morgan fingerprint density at radius 2 is 1.44 bits per heavy atom. The van der Waals surface area contributed by atoms with Crippen molar-refractivity contribution in [3.63, 3.8) is 0 Å². The standard InChI is InChI=1S/C49H58FN9O4/c1-7-28(6)62-33-12-8-11-30(20-33)49-59-37-16-15-29(35-24-53-45(55-35)38-13-9-17-57(38)47(60)43(51)26(2)3)19-32(37)22-40(59)42-34(50)21-31(23-41(42)63-49)36-25-54-46(56-36)39-14-10-18-58(39)48(61)44(52)27(4)5/h8,11-12,15-16,19-28,38-39,43-44,49H,7,9-10,13-14,17-18,51-52H2,1-6H3,(H,53,55)(H,54,56)/t28-,38+,39+,43+,44+,49?/m1/s1. The molecule has 3 aromatic carbocycles. The van der Waals surface area contributed by atoms with Crippen LogP contribution < -0.4 is 20.9 Å². The summed E-state index contributed by atoms with van der Waals surface area (Å²) in [5, 5.41) is 0.891. The van der Waals surface area contributed by atoms with Gasteiger partial charge in [-0.1, -0.05) is 52.8 Å². The van der Waals surface area contributed by atoms with E-state index in [0.717, 1.165) is 71.4 Å². The molecule has 2 amide bonds. The molecule has 2 fully saturated rings. The molecule has 6 heterocycles. The highest BCUT2D eigenvalue weighted by molar-refractivity contribution is 5.93. The second kappa shape index (κ2) is 16.9. The monoisotopic (exact) mass is 855 g/mol. The molecular weight excluding hydrogens is 798 g/mol. The first kappa shape index (κ1) is 42.3. The number of nitrogens with one attached hydrogen (secondary N) is 2. The van der Waals surface area contributed by atoms with Crippen molar-refractivity contribution in [3.05, 3.63) is 96.1 Å². The predicted molar refractivity (Wildman–Crippen MR) is 241 cm³/mol. The fourth-order valence-corrected chi connectivity index (χ4v) is 9.26. The van der Waals surface area contributed by atoms with Crippen LogP contribution in [0.3, 0.4) is 0 Å². The largest absolute Gasteiger partial charge is 0.491 e. The number of nitrogens with two attached hydrogens (primary N) is 2. The van der Waals surface area contributed by atoms with Crippen LogP contribution >= 0.6 is 0 Å². The van der Waals surface area contributed by atoms with E-state index in [2.05, 4.69) is 23.0 Å². The highest BCUT2D eigenvalue weighted by atomic mass is 19.1. The summed E-state index contributed by atoms with van der Waals surface area (Å²) in [6.45, 7) is 13.2. The third kappa shape index (κ3) is 7.77. The van der Waals surface area contributed by atoms with E-state index in [4.69, 9.17) is 30.9 Å². The molecule has 6 N–H and O–H groups in total. The molecule has 1 unspecified atom stereocenters. The van der Waals surface area contributed by atoms with Crippen LogP contribution in [0.4, 0.5) is 4.39 Å². The first-order chi connectivity index (χ1) is 30.3. The molecule has 3 aromatic heterocycles. The lowest BCUT2D eigenvalue weighted by atomic mass is 10.0. The highest BCUT2D eigenvalue weighted by Gasteiger charge is 2.38. The summed E-state index contributed by atoms with van der Waals surface area (Å²) in [4.78, 5) is 46.7. The Morgan fingerprint density at radius 1 is 0.825 bits per heavy atom. The lowest BCUT2D eigenvalue weighted by molar-refractivity contribution is -0.135. The number of aromatic nitrogens is 5. The van der Waals surface area contributed by atoms with Crippen LogP contribution in [0.25, 0.3) is 44.7 Å². The SMILES string of the molecule is CC[C@@H](C)Oc1cccc(C2Oc3cc(-c4cnc([C@@H]5CCCN5C(=O)[C@@H](N)C(C)C)[nH]4)cc(F)c3-c3cc4cc(-c5cnc([C@@H]6CCCN6C(=O)[C@@H](N)C(C)C)[nH]5)ccc4n32)c1. The third-order valence-corrected chi connectivity index (χ3v) is 13.2. The number of imidazole rings is 2. The fraction of sp³-hybridized carbons (Fsp3) is 0.429.